The topological polar surface area (TPSA) is 41.1 Å². The maximum absolute atomic E-state index is 12.6. The summed E-state index contributed by atoms with van der Waals surface area (Å²) < 4.78 is 0. The first-order valence-electron chi connectivity index (χ1n) is 9.66. The SMILES string of the molecule is Cc1ccc([C@H](NCC(=O)Nc2c(C)cc(C)cc2C)c2ccccc2)cc1. The van der Waals surface area contributed by atoms with Crippen LogP contribution in [0.4, 0.5) is 5.69 Å². The van der Waals surface area contributed by atoms with E-state index in [-0.39, 0.29) is 18.5 Å². The molecule has 3 aromatic rings. The molecule has 0 fully saturated rings. The third kappa shape index (κ3) is 4.87. The molecule has 2 N–H and O–H groups in total. The average Bonchev–Trinajstić information content (AvgIpc) is 2.67. The lowest BCUT2D eigenvalue weighted by atomic mass is 9.98. The van der Waals surface area contributed by atoms with Gasteiger partial charge < -0.3 is 5.32 Å². The zero-order valence-electron chi connectivity index (χ0n) is 17.0. The van der Waals surface area contributed by atoms with Crippen molar-refractivity contribution in [1.29, 1.82) is 0 Å². The molecule has 0 radical (unpaired) electrons. The molecule has 0 spiro atoms. The summed E-state index contributed by atoms with van der Waals surface area (Å²) in [5.74, 6) is -0.0388. The number of hydrogen-bond donors (Lipinski definition) is 2. The third-order valence-corrected chi connectivity index (χ3v) is 4.95. The lowest BCUT2D eigenvalue weighted by Crippen LogP contribution is -2.32. The van der Waals surface area contributed by atoms with Crippen molar-refractivity contribution in [2.75, 3.05) is 11.9 Å². The summed E-state index contributed by atoms with van der Waals surface area (Å²) in [6.07, 6.45) is 0. The second-order valence-corrected chi connectivity index (χ2v) is 7.46. The van der Waals surface area contributed by atoms with Crippen LogP contribution in [0.2, 0.25) is 0 Å². The maximum Gasteiger partial charge on any atom is 0.238 e. The highest BCUT2D eigenvalue weighted by molar-refractivity contribution is 5.93. The standard InChI is InChI=1S/C25H28N2O/c1-17-10-12-22(13-11-17)25(21-8-6-5-7-9-21)26-16-23(28)27-24-19(3)14-18(2)15-20(24)4/h5-15,25-26H,16H2,1-4H3,(H,27,28)/t25-/m1/s1. The van der Waals surface area contributed by atoms with Crippen molar-refractivity contribution in [3.05, 3.63) is 100 Å². The number of anilines is 1. The highest BCUT2D eigenvalue weighted by atomic mass is 16.1. The van der Waals surface area contributed by atoms with Gasteiger partial charge in [0.05, 0.1) is 12.6 Å². The highest BCUT2D eigenvalue weighted by Crippen LogP contribution is 2.23. The Hall–Kier alpha value is -2.91. The van der Waals surface area contributed by atoms with Crippen LogP contribution in [0.15, 0.2) is 66.7 Å². The molecule has 0 unspecified atom stereocenters. The van der Waals surface area contributed by atoms with Gasteiger partial charge in [0.1, 0.15) is 0 Å². The van der Waals surface area contributed by atoms with Crippen molar-refractivity contribution in [3.8, 4) is 0 Å². The summed E-state index contributed by atoms with van der Waals surface area (Å²) >= 11 is 0. The number of amides is 1. The normalized spacial score (nSPS) is 11.9. The summed E-state index contributed by atoms with van der Waals surface area (Å²) in [6, 6.07) is 22.8. The van der Waals surface area contributed by atoms with Crippen molar-refractivity contribution >= 4 is 11.6 Å². The van der Waals surface area contributed by atoms with E-state index in [1.807, 2.05) is 32.0 Å². The number of benzene rings is 3. The molecule has 0 aliphatic rings. The molecule has 0 aliphatic heterocycles. The van der Waals surface area contributed by atoms with E-state index in [0.29, 0.717) is 0 Å². The Morgan fingerprint density at radius 3 is 1.96 bits per heavy atom. The van der Waals surface area contributed by atoms with Gasteiger partial charge in [-0.2, -0.15) is 0 Å². The molecular formula is C25H28N2O. The zero-order chi connectivity index (χ0) is 20.1. The zero-order valence-corrected chi connectivity index (χ0v) is 17.0. The Kier molecular flexibility index (Phi) is 6.27. The van der Waals surface area contributed by atoms with Crippen molar-refractivity contribution < 1.29 is 4.79 Å². The third-order valence-electron chi connectivity index (χ3n) is 4.95. The van der Waals surface area contributed by atoms with Crippen molar-refractivity contribution in [1.82, 2.24) is 5.32 Å². The van der Waals surface area contributed by atoms with E-state index >= 15 is 0 Å². The van der Waals surface area contributed by atoms with Gasteiger partial charge in [-0.25, -0.2) is 0 Å². The molecule has 0 aliphatic carbocycles. The molecular weight excluding hydrogens is 344 g/mol. The fraction of sp³-hybridized carbons (Fsp3) is 0.240. The van der Waals surface area contributed by atoms with E-state index < -0.39 is 0 Å². The van der Waals surface area contributed by atoms with Gasteiger partial charge in [0, 0.05) is 5.69 Å². The minimum atomic E-state index is -0.0388. The number of rotatable bonds is 6. The monoisotopic (exact) mass is 372 g/mol. The molecule has 1 amide bonds. The van der Waals surface area contributed by atoms with Gasteiger partial charge in [0.2, 0.25) is 5.91 Å². The predicted octanol–water partition coefficient (Wildman–Crippen LogP) is 5.24. The molecule has 3 aromatic carbocycles. The molecule has 28 heavy (non-hydrogen) atoms. The van der Waals surface area contributed by atoms with Crippen molar-refractivity contribution in [3.63, 3.8) is 0 Å². The summed E-state index contributed by atoms with van der Waals surface area (Å²) in [5.41, 5.74) is 7.79. The number of aryl methyl sites for hydroxylation is 4. The van der Waals surface area contributed by atoms with E-state index in [0.717, 1.165) is 27.9 Å². The average molecular weight is 373 g/mol. The molecule has 144 valence electrons. The van der Waals surface area contributed by atoms with Gasteiger partial charge in [-0.3, -0.25) is 10.1 Å². The smallest absolute Gasteiger partial charge is 0.238 e. The summed E-state index contributed by atoms with van der Waals surface area (Å²) in [5, 5.41) is 6.50. The molecule has 3 heteroatoms. The Balaban J connectivity index is 1.75. The minimum absolute atomic E-state index is 0.0345. The molecule has 0 saturated heterocycles. The van der Waals surface area contributed by atoms with E-state index in [1.165, 1.54) is 11.1 Å². The fourth-order valence-corrected chi connectivity index (χ4v) is 3.59. The molecule has 0 aromatic heterocycles. The number of carbonyl (C=O) groups excluding carboxylic acids is 1. The van der Waals surface area contributed by atoms with E-state index in [9.17, 15) is 4.79 Å². The molecule has 3 nitrogen and oxygen atoms in total. The van der Waals surface area contributed by atoms with Gasteiger partial charge in [-0.1, -0.05) is 77.9 Å². The van der Waals surface area contributed by atoms with E-state index in [2.05, 4.69) is 73.0 Å². The minimum Gasteiger partial charge on any atom is -0.324 e. The van der Waals surface area contributed by atoms with Gasteiger partial charge in [0.15, 0.2) is 0 Å². The van der Waals surface area contributed by atoms with E-state index in [4.69, 9.17) is 0 Å². The van der Waals surface area contributed by atoms with Gasteiger partial charge >= 0.3 is 0 Å². The Labute approximate surface area is 167 Å². The summed E-state index contributed by atoms with van der Waals surface area (Å²) in [7, 11) is 0. The lowest BCUT2D eigenvalue weighted by molar-refractivity contribution is -0.115. The molecule has 0 bridgehead atoms. The lowest BCUT2D eigenvalue weighted by Gasteiger charge is -2.20. The second-order valence-electron chi connectivity index (χ2n) is 7.46. The molecule has 0 heterocycles. The first-order valence-corrected chi connectivity index (χ1v) is 9.66. The van der Waals surface area contributed by atoms with Crippen molar-refractivity contribution in [2.45, 2.75) is 33.7 Å². The largest absolute Gasteiger partial charge is 0.324 e. The number of carbonyl (C=O) groups is 1. The van der Waals surface area contributed by atoms with Crippen LogP contribution in [0.25, 0.3) is 0 Å². The van der Waals surface area contributed by atoms with Gasteiger partial charge in [0.25, 0.3) is 0 Å². The maximum atomic E-state index is 12.6. The van der Waals surface area contributed by atoms with Crippen LogP contribution in [-0.2, 0) is 4.79 Å². The molecule has 0 saturated carbocycles. The van der Waals surface area contributed by atoms with Crippen LogP contribution in [0.3, 0.4) is 0 Å². The second kappa shape index (κ2) is 8.85. The number of hydrogen-bond acceptors (Lipinski definition) is 2. The Morgan fingerprint density at radius 1 is 0.786 bits per heavy atom. The summed E-state index contributed by atoms with van der Waals surface area (Å²) in [6.45, 7) is 8.44. The van der Waals surface area contributed by atoms with Gasteiger partial charge in [-0.15, -0.1) is 0 Å². The Morgan fingerprint density at radius 2 is 1.36 bits per heavy atom. The highest BCUT2D eigenvalue weighted by Gasteiger charge is 2.16. The van der Waals surface area contributed by atoms with Crippen LogP contribution in [0.1, 0.15) is 39.4 Å². The van der Waals surface area contributed by atoms with Crippen molar-refractivity contribution in [2.24, 2.45) is 0 Å². The number of nitrogens with one attached hydrogen (secondary N) is 2. The predicted molar refractivity (Wildman–Crippen MR) is 117 cm³/mol. The first kappa shape index (κ1) is 19.8. The van der Waals surface area contributed by atoms with Crippen LogP contribution >= 0.6 is 0 Å². The Bertz CT molecular complexity index is 923. The van der Waals surface area contributed by atoms with Gasteiger partial charge in [-0.05, 0) is 49.9 Å². The van der Waals surface area contributed by atoms with Crippen LogP contribution < -0.4 is 10.6 Å². The van der Waals surface area contributed by atoms with Crippen LogP contribution in [0, 0.1) is 27.7 Å². The first-order chi connectivity index (χ1) is 13.4. The summed E-state index contributed by atoms with van der Waals surface area (Å²) in [4.78, 5) is 12.6. The van der Waals surface area contributed by atoms with E-state index in [1.54, 1.807) is 0 Å². The quantitative estimate of drug-likeness (QED) is 0.621. The molecule has 3 rings (SSSR count). The van der Waals surface area contributed by atoms with Crippen LogP contribution in [-0.4, -0.2) is 12.5 Å². The van der Waals surface area contributed by atoms with Crippen LogP contribution in [0.5, 0.6) is 0 Å². The fourth-order valence-electron chi connectivity index (χ4n) is 3.59. The molecule has 1 atom stereocenters.